The molecule has 0 atom stereocenters. The van der Waals surface area contributed by atoms with E-state index in [0.717, 1.165) is 10.4 Å². The van der Waals surface area contributed by atoms with Crippen molar-refractivity contribution in [3.05, 3.63) is 52.2 Å². The van der Waals surface area contributed by atoms with Crippen LogP contribution in [-0.2, 0) is 16.0 Å². The normalized spacial score (nSPS) is 11.1. The number of hydrogen-bond donors (Lipinski definition) is 2. The van der Waals surface area contributed by atoms with Crippen LogP contribution in [0, 0.1) is 0 Å². The second kappa shape index (κ2) is 7.51. The Morgan fingerprint density at radius 1 is 1.18 bits per heavy atom. The highest BCUT2D eigenvalue weighted by atomic mass is 32.1. The van der Waals surface area contributed by atoms with E-state index in [-0.39, 0.29) is 11.8 Å². The third kappa shape index (κ3) is 4.82. The number of nitrogens with one attached hydrogen (secondary N) is 2. The minimum atomic E-state index is -0.153. The molecule has 0 saturated heterocycles. The topological polar surface area (TPSA) is 70.6 Å². The molecule has 1 aromatic heterocycles. The van der Waals surface area contributed by atoms with E-state index in [0.29, 0.717) is 17.8 Å². The fourth-order valence-corrected chi connectivity index (χ4v) is 2.55. The summed E-state index contributed by atoms with van der Waals surface area (Å²) in [7, 11) is 0. The Morgan fingerprint density at radius 2 is 2.00 bits per heavy atom. The summed E-state index contributed by atoms with van der Waals surface area (Å²) < 4.78 is 0. The number of hydrazone groups is 1. The predicted molar refractivity (Wildman–Crippen MR) is 89.1 cm³/mol. The van der Waals surface area contributed by atoms with Gasteiger partial charge in [0, 0.05) is 17.5 Å². The number of nitrogens with zero attached hydrogens (tertiary/aromatic N) is 1. The molecule has 2 rings (SSSR count). The van der Waals surface area contributed by atoms with Gasteiger partial charge in [-0.25, -0.2) is 5.43 Å². The van der Waals surface area contributed by atoms with Gasteiger partial charge in [-0.1, -0.05) is 18.2 Å². The lowest BCUT2D eigenvalue weighted by Crippen LogP contribution is -2.20. The van der Waals surface area contributed by atoms with Gasteiger partial charge in [0.05, 0.1) is 12.1 Å². The van der Waals surface area contributed by atoms with Gasteiger partial charge >= 0.3 is 0 Å². The molecule has 22 heavy (non-hydrogen) atoms. The van der Waals surface area contributed by atoms with Crippen molar-refractivity contribution in [3.63, 3.8) is 0 Å². The molecule has 0 bridgehead atoms. The van der Waals surface area contributed by atoms with E-state index in [4.69, 9.17) is 0 Å². The minimum Gasteiger partial charge on any atom is -0.326 e. The van der Waals surface area contributed by atoms with Crippen LogP contribution in [0.1, 0.15) is 24.3 Å². The molecule has 1 heterocycles. The van der Waals surface area contributed by atoms with E-state index in [1.807, 2.05) is 35.7 Å². The summed E-state index contributed by atoms with van der Waals surface area (Å²) in [6, 6.07) is 11.1. The van der Waals surface area contributed by atoms with Crippen LogP contribution < -0.4 is 10.7 Å². The maximum Gasteiger partial charge on any atom is 0.245 e. The maximum absolute atomic E-state index is 11.8. The first-order chi connectivity index (χ1) is 10.5. The average molecular weight is 315 g/mol. The summed E-state index contributed by atoms with van der Waals surface area (Å²) in [5, 5.41) is 8.75. The smallest absolute Gasteiger partial charge is 0.245 e. The quantitative estimate of drug-likeness (QED) is 0.658. The average Bonchev–Trinajstić information content (AvgIpc) is 2.97. The van der Waals surface area contributed by atoms with Crippen LogP contribution in [-0.4, -0.2) is 17.5 Å². The molecule has 2 aromatic rings. The molecule has 0 unspecified atom stereocenters. The zero-order valence-electron chi connectivity index (χ0n) is 12.4. The summed E-state index contributed by atoms with van der Waals surface area (Å²) in [5.41, 5.74) is 4.76. The Bertz CT molecular complexity index is 693. The van der Waals surface area contributed by atoms with Crippen LogP contribution in [0.4, 0.5) is 5.69 Å². The molecule has 0 aliphatic carbocycles. The summed E-state index contributed by atoms with van der Waals surface area (Å²) in [4.78, 5) is 23.9. The van der Waals surface area contributed by atoms with Gasteiger partial charge in [0.15, 0.2) is 0 Å². The molecule has 2 N–H and O–H groups in total. The number of carbonyl (C=O) groups is 2. The van der Waals surface area contributed by atoms with E-state index in [1.54, 1.807) is 24.3 Å². The van der Waals surface area contributed by atoms with Gasteiger partial charge in [-0.15, -0.1) is 11.3 Å². The zero-order chi connectivity index (χ0) is 15.9. The third-order valence-electron chi connectivity index (χ3n) is 2.86. The van der Waals surface area contributed by atoms with Crippen LogP contribution in [0.5, 0.6) is 0 Å². The molecular formula is C16H17N3O2S. The highest BCUT2D eigenvalue weighted by Crippen LogP contribution is 2.12. The Hall–Kier alpha value is -2.47. The Morgan fingerprint density at radius 3 is 2.68 bits per heavy atom. The predicted octanol–water partition coefficient (Wildman–Crippen LogP) is 2.79. The Labute approximate surface area is 133 Å². The summed E-state index contributed by atoms with van der Waals surface area (Å²) in [6.45, 7) is 3.26. The first-order valence-corrected chi connectivity index (χ1v) is 7.66. The molecule has 0 radical (unpaired) electrons. The van der Waals surface area contributed by atoms with Crippen LogP contribution >= 0.6 is 11.3 Å². The van der Waals surface area contributed by atoms with E-state index in [9.17, 15) is 9.59 Å². The largest absolute Gasteiger partial charge is 0.326 e. The fraction of sp³-hybridized carbons (Fsp3) is 0.188. The van der Waals surface area contributed by atoms with Gasteiger partial charge < -0.3 is 5.32 Å². The first kappa shape index (κ1) is 15.9. The van der Waals surface area contributed by atoms with Crippen LogP contribution in [0.2, 0.25) is 0 Å². The van der Waals surface area contributed by atoms with Crippen molar-refractivity contribution in [2.45, 2.75) is 20.3 Å². The number of thiophene rings is 1. The van der Waals surface area contributed by atoms with Gasteiger partial charge in [0.2, 0.25) is 11.8 Å². The number of hydrogen-bond acceptors (Lipinski definition) is 4. The summed E-state index contributed by atoms with van der Waals surface area (Å²) in [6.07, 6.45) is 0.320. The van der Waals surface area contributed by atoms with Crippen LogP contribution in [0.25, 0.3) is 0 Å². The fourth-order valence-electron chi connectivity index (χ4n) is 1.85. The lowest BCUT2D eigenvalue weighted by atomic mass is 10.1. The summed E-state index contributed by atoms with van der Waals surface area (Å²) in [5.74, 6) is -0.282. The lowest BCUT2D eigenvalue weighted by Gasteiger charge is -2.06. The van der Waals surface area contributed by atoms with Crippen molar-refractivity contribution >= 4 is 34.6 Å². The second-order valence-corrected chi connectivity index (χ2v) is 5.78. The molecule has 1 aromatic carbocycles. The number of amides is 2. The number of anilines is 1. The van der Waals surface area contributed by atoms with Gasteiger partial charge in [-0.2, -0.15) is 5.10 Å². The van der Waals surface area contributed by atoms with Crippen molar-refractivity contribution in [2.24, 2.45) is 5.10 Å². The minimum absolute atomic E-state index is 0.129. The lowest BCUT2D eigenvalue weighted by molar-refractivity contribution is -0.120. The molecular weight excluding hydrogens is 298 g/mol. The van der Waals surface area contributed by atoms with E-state index in [2.05, 4.69) is 15.8 Å². The molecule has 0 fully saturated rings. The van der Waals surface area contributed by atoms with Gasteiger partial charge in [0.25, 0.3) is 0 Å². The maximum atomic E-state index is 11.8. The molecule has 5 nitrogen and oxygen atoms in total. The first-order valence-electron chi connectivity index (χ1n) is 6.78. The van der Waals surface area contributed by atoms with E-state index >= 15 is 0 Å². The highest BCUT2D eigenvalue weighted by molar-refractivity contribution is 7.10. The standard InChI is InChI=1S/C16H17N3O2S/c1-11(13-5-3-6-14(9-13)17-12(2)20)18-19-16(21)10-15-7-4-8-22-15/h3-9H,10H2,1-2H3,(H,17,20)(H,19,21)/b18-11-. The van der Waals surface area contributed by atoms with E-state index in [1.165, 1.54) is 6.92 Å². The second-order valence-electron chi connectivity index (χ2n) is 4.75. The molecule has 0 spiro atoms. The number of benzene rings is 1. The van der Waals surface area contributed by atoms with Gasteiger partial charge in [-0.3, -0.25) is 9.59 Å². The molecule has 114 valence electrons. The molecule has 6 heteroatoms. The van der Waals surface area contributed by atoms with Crippen molar-refractivity contribution in [1.82, 2.24) is 5.43 Å². The van der Waals surface area contributed by atoms with Gasteiger partial charge in [-0.05, 0) is 36.1 Å². The monoisotopic (exact) mass is 315 g/mol. The van der Waals surface area contributed by atoms with Crippen molar-refractivity contribution in [3.8, 4) is 0 Å². The molecule has 2 amide bonds. The molecule has 0 aliphatic heterocycles. The molecule has 0 saturated carbocycles. The van der Waals surface area contributed by atoms with E-state index < -0.39 is 0 Å². The Balaban J connectivity index is 1.99. The zero-order valence-corrected chi connectivity index (χ0v) is 13.2. The number of rotatable bonds is 5. The summed E-state index contributed by atoms with van der Waals surface area (Å²) >= 11 is 1.54. The third-order valence-corrected chi connectivity index (χ3v) is 3.74. The van der Waals surface area contributed by atoms with Crippen LogP contribution in [0.3, 0.4) is 0 Å². The van der Waals surface area contributed by atoms with Crippen molar-refractivity contribution < 1.29 is 9.59 Å². The van der Waals surface area contributed by atoms with Crippen molar-refractivity contribution in [1.29, 1.82) is 0 Å². The van der Waals surface area contributed by atoms with Crippen LogP contribution in [0.15, 0.2) is 46.9 Å². The molecule has 0 aliphatic rings. The highest BCUT2D eigenvalue weighted by Gasteiger charge is 2.05. The van der Waals surface area contributed by atoms with Crippen molar-refractivity contribution in [2.75, 3.05) is 5.32 Å². The SMILES string of the molecule is CC(=O)Nc1cccc(/C(C)=N\NC(=O)Cc2cccs2)c1. The number of carbonyl (C=O) groups excluding carboxylic acids is 2. The van der Waals surface area contributed by atoms with Gasteiger partial charge in [0.1, 0.15) is 0 Å². The Kier molecular flexibility index (Phi) is 5.43.